The van der Waals surface area contributed by atoms with Crippen LogP contribution in [0.2, 0.25) is 0 Å². The second kappa shape index (κ2) is 6.30. The van der Waals surface area contributed by atoms with Crippen molar-refractivity contribution >= 4 is 11.9 Å². The average Bonchev–Trinajstić information content (AvgIpc) is 2.19. The quantitative estimate of drug-likeness (QED) is 0.537. The molecule has 0 radical (unpaired) electrons. The first-order chi connectivity index (χ1) is 7.43. The van der Waals surface area contributed by atoms with Gasteiger partial charge in [0, 0.05) is 12.0 Å². The van der Waals surface area contributed by atoms with Crippen LogP contribution in [0.25, 0.3) is 0 Å². The topological polar surface area (TPSA) is 52.6 Å². The summed E-state index contributed by atoms with van der Waals surface area (Å²) >= 11 is 0. The molecule has 0 aromatic carbocycles. The van der Waals surface area contributed by atoms with E-state index in [-0.39, 0.29) is 12.4 Å². The van der Waals surface area contributed by atoms with E-state index in [1.165, 1.54) is 0 Å². The lowest BCUT2D eigenvalue weighted by atomic mass is 9.96. The van der Waals surface area contributed by atoms with Gasteiger partial charge >= 0.3 is 11.9 Å². The van der Waals surface area contributed by atoms with Crippen LogP contribution < -0.4 is 0 Å². The standard InChI is InChI=1S/C10H14O4.C2H6/c1-7(2)9(12)14-10(3)4-5-13-8(11)6-10;1-2/h1,4-6H2,2-3H3;1-2H3. The Hall–Kier alpha value is -1.32. The number of cyclic esters (lactones) is 1. The maximum absolute atomic E-state index is 11.2. The predicted molar refractivity (Wildman–Crippen MR) is 60.9 cm³/mol. The third-order valence-electron chi connectivity index (χ3n) is 2.10. The number of carbonyl (C=O) groups excluding carboxylic acids is 2. The van der Waals surface area contributed by atoms with Gasteiger partial charge in [-0.15, -0.1) is 0 Å². The minimum Gasteiger partial charge on any atom is -0.465 e. The van der Waals surface area contributed by atoms with Crippen molar-refractivity contribution in [1.82, 2.24) is 0 Å². The third-order valence-corrected chi connectivity index (χ3v) is 2.10. The minimum absolute atomic E-state index is 0.117. The highest BCUT2D eigenvalue weighted by Gasteiger charge is 2.36. The Morgan fingerprint density at radius 2 is 2.06 bits per heavy atom. The zero-order chi connectivity index (χ0) is 12.8. The van der Waals surface area contributed by atoms with E-state index in [0.717, 1.165) is 0 Å². The Morgan fingerprint density at radius 3 is 2.50 bits per heavy atom. The van der Waals surface area contributed by atoms with Gasteiger partial charge in [-0.05, 0) is 13.8 Å². The summed E-state index contributed by atoms with van der Waals surface area (Å²) in [7, 11) is 0. The molecule has 4 nitrogen and oxygen atoms in total. The SMILES string of the molecule is C=C(C)C(=O)OC1(C)CCOC(=O)C1.CC. The molecule has 0 saturated carbocycles. The summed E-state index contributed by atoms with van der Waals surface area (Å²) in [5.41, 5.74) is -0.393. The molecule has 4 heteroatoms. The molecule has 1 saturated heterocycles. The maximum Gasteiger partial charge on any atom is 0.333 e. The molecule has 0 aromatic heterocycles. The van der Waals surface area contributed by atoms with Crippen LogP contribution in [0.4, 0.5) is 0 Å². The molecule has 16 heavy (non-hydrogen) atoms. The van der Waals surface area contributed by atoms with Crippen LogP contribution in [-0.2, 0) is 19.1 Å². The van der Waals surface area contributed by atoms with Crippen molar-refractivity contribution in [2.45, 2.75) is 46.1 Å². The van der Waals surface area contributed by atoms with E-state index >= 15 is 0 Å². The lowest BCUT2D eigenvalue weighted by molar-refractivity contribution is -0.172. The summed E-state index contributed by atoms with van der Waals surface area (Å²) in [5.74, 6) is -0.782. The Kier molecular flexibility index (Phi) is 5.78. The zero-order valence-corrected chi connectivity index (χ0v) is 10.5. The first-order valence-corrected chi connectivity index (χ1v) is 5.47. The van der Waals surface area contributed by atoms with Gasteiger partial charge in [0.2, 0.25) is 0 Å². The molecule has 1 atom stereocenters. The van der Waals surface area contributed by atoms with Crippen LogP contribution in [0.15, 0.2) is 12.2 Å². The maximum atomic E-state index is 11.2. The van der Waals surface area contributed by atoms with Crippen LogP contribution in [0.3, 0.4) is 0 Å². The second-order valence-corrected chi connectivity index (χ2v) is 3.77. The second-order valence-electron chi connectivity index (χ2n) is 3.77. The summed E-state index contributed by atoms with van der Waals surface area (Å²) < 4.78 is 9.93. The van der Waals surface area contributed by atoms with Gasteiger partial charge in [-0.1, -0.05) is 20.4 Å². The smallest absolute Gasteiger partial charge is 0.333 e. The Balaban J connectivity index is 0.00000106. The van der Waals surface area contributed by atoms with E-state index < -0.39 is 11.6 Å². The summed E-state index contributed by atoms with van der Waals surface area (Å²) in [6.07, 6.45) is 0.657. The van der Waals surface area contributed by atoms with Crippen LogP contribution in [0, 0.1) is 0 Å². The van der Waals surface area contributed by atoms with E-state index in [2.05, 4.69) is 6.58 Å². The van der Waals surface area contributed by atoms with Crippen molar-refractivity contribution in [2.75, 3.05) is 6.61 Å². The number of hydrogen-bond donors (Lipinski definition) is 0. The molecule has 0 amide bonds. The lowest BCUT2D eigenvalue weighted by Crippen LogP contribution is -2.40. The molecular formula is C12H20O4. The molecule has 92 valence electrons. The van der Waals surface area contributed by atoms with E-state index in [4.69, 9.17) is 9.47 Å². The molecule has 0 N–H and O–H groups in total. The average molecular weight is 228 g/mol. The fraction of sp³-hybridized carbons (Fsp3) is 0.667. The van der Waals surface area contributed by atoms with Gasteiger partial charge in [-0.3, -0.25) is 4.79 Å². The largest absolute Gasteiger partial charge is 0.465 e. The van der Waals surface area contributed by atoms with E-state index in [1.54, 1.807) is 13.8 Å². The van der Waals surface area contributed by atoms with Crippen molar-refractivity contribution in [3.05, 3.63) is 12.2 Å². The van der Waals surface area contributed by atoms with Gasteiger partial charge in [-0.2, -0.15) is 0 Å². The number of esters is 2. The van der Waals surface area contributed by atoms with Crippen LogP contribution in [-0.4, -0.2) is 24.1 Å². The molecule has 1 rings (SSSR count). The Labute approximate surface area is 96.6 Å². The molecule has 0 bridgehead atoms. The summed E-state index contributed by atoms with van der Waals surface area (Å²) in [6.45, 7) is 11.1. The van der Waals surface area contributed by atoms with Crippen molar-refractivity contribution in [3.63, 3.8) is 0 Å². The van der Waals surface area contributed by atoms with Gasteiger partial charge in [0.05, 0.1) is 13.0 Å². The molecule has 1 aliphatic rings. The highest BCUT2D eigenvalue weighted by molar-refractivity contribution is 5.87. The Morgan fingerprint density at radius 1 is 1.50 bits per heavy atom. The molecule has 1 heterocycles. The molecule has 1 fully saturated rings. The number of carbonyl (C=O) groups is 2. The summed E-state index contributed by atoms with van der Waals surface area (Å²) in [5, 5.41) is 0. The molecule has 0 spiro atoms. The molecule has 0 aliphatic carbocycles. The van der Waals surface area contributed by atoms with Crippen molar-refractivity contribution in [2.24, 2.45) is 0 Å². The first-order valence-electron chi connectivity index (χ1n) is 5.47. The Bertz CT molecular complexity index is 283. The number of rotatable bonds is 2. The summed E-state index contributed by atoms with van der Waals surface area (Å²) in [6, 6.07) is 0. The summed E-state index contributed by atoms with van der Waals surface area (Å²) in [4.78, 5) is 22.2. The highest BCUT2D eigenvalue weighted by atomic mass is 16.6. The molecular weight excluding hydrogens is 208 g/mol. The van der Waals surface area contributed by atoms with Gasteiger partial charge < -0.3 is 9.47 Å². The normalized spacial score (nSPS) is 23.6. The van der Waals surface area contributed by atoms with Crippen molar-refractivity contribution in [3.8, 4) is 0 Å². The van der Waals surface area contributed by atoms with Crippen LogP contribution >= 0.6 is 0 Å². The van der Waals surface area contributed by atoms with Gasteiger partial charge in [0.1, 0.15) is 5.60 Å². The van der Waals surface area contributed by atoms with Crippen LogP contribution in [0.1, 0.15) is 40.5 Å². The molecule has 1 unspecified atom stereocenters. The highest BCUT2D eigenvalue weighted by Crippen LogP contribution is 2.25. The van der Waals surface area contributed by atoms with E-state index in [0.29, 0.717) is 18.6 Å². The first kappa shape index (κ1) is 14.7. The molecule has 1 aliphatic heterocycles. The van der Waals surface area contributed by atoms with Crippen molar-refractivity contribution in [1.29, 1.82) is 0 Å². The lowest BCUT2D eigenvalue weighted by Gasteiger charge is -2.32. The van der Waals surface area contributed by atoms with Gasteiger partial charge in [0.25, 0.3) is 0 Å². The third kappa shape index (κ3) is 4.47. The predicted octanol–water partition coefficient (Wildman–Crippen LogP) is 2.23. The molecule has 0 aromatic rings. The van der Waals surface area contributed by atoms with E-state index in [1.807, 2.05) is 13.8 Å². The fourth-order valence-corrected chi connectivity index (χ4v) is 1.22. The number of hydrogen-bond acceptors (Lipinski definition) is 4. The minimum atomic E-state index is -0.731. The monoisotopic (exact) mass is 228 g/mol. The fourth-order valence-electron chi connectivity index (χ4n) is 1.22. The van der Waals surface area contributed by atoms with Gasteiger partial charge in [-0.25, -0.2) is 4.79 Å². The van der Waals surface area contributed by atoms with Crippen LogP contribution in [0.5, 0.6) is 0 Å². The number of ether oxygens (including phenoxy) is 2. The zero-order valence-electron chi connectivity index (χ0n) is 10.5. The van der Waals surface area contributed by atoms with Crippen molar-refractivity contribution < 1.29 is 19.1 Å². The van der Waals surface area contributed by atoms with Gasteiger partial charge in [0.15, 0.2) is 0 Å². The van der Waals surface area contributed by atoms with E-state index in [9.17, 15) is 9.59 Å².